The van der Waals surface area contributed by atoms with Gasteiger partial charge in [0.2, 0.25) is 10.0 Å². The van der Waals surface area contributed by atoms with E-state index < -0.39 is 10.0 Å². The molecule has 0 amide bonds. The molecule has 1 aliphatic heterocycles. The Labute approximate surface area is 98.7 Å². The maximum Gasteiger partial charge on any atom is 0.217 e. The molecule has 0 radical (unpaired) electrons. The predicted octanol–water partition coefficient (Wildman–Crippen LogP) is 0.895. The van der Waals surface area contributed by atoms with E-state index in [9.17, 15) is 8.42 Å². The van der Waals surface area contributed by atoms with Crippen molar-refractivity contribution in [3.63, 3.8) is 0 Å². The summed E-state index contributed by atoms with van der Waals surface area (Å²) in [7, 11) is -2.95. The van der Waals surface area contributed by atoms with Gasteiger partial charge >= 0.3 is 0 Å². The Kier molecular flexibility index (Phi) is 3.05. The van der Waals surface area contributed by atoms with Crippen LogP contribution in [0.3, 0.4) is 0 Å². The quantitative estimate of drug-likeness (QED) is 0.727. The summed E-state index contributed by atoms with van der Waals surface area (Å²) >= 11 is 0. The van der Waals surface area contributed by atoms with Gasteiger partial charge in [-0.15, -0.1) is 0 Å². The van der Waals surface area contributed by atoms with Gasteiger partial charge in [-0.25, -0.2) is 8.42 Å². The molecule has 0 aromatic carbocycles. The van der Waals surface area contributed by atoms with Crippen LogP contribution in [0.5, 0.6) is 0 Å². The van der Waals surface area contributed by atoms with Crippen LogP contribution in [0.15, 0.2) is 0 Å². The van der Waals surface area contributed by atoms with Gasteiger partial charge in [-0.05, 0) is 33.6 Å². The summed E-state index contributed by atoms with van der Waals surface area (Å²) in [4.78, 5) is 2.35. The Morgan fingerprint density at radius 2 is 1.50 bits per heavy atom. The summed E-state index contributed by atoms with van der Waals surface area (Å²) in [5.41, 5.74) is 0.148. The zero-order valence-electron chi connectivity index (χ0n) is 10.4. The molecule has 0 unspecified atom stereocenters. The van der Waals surface area contributed by atoms with E-state index in [1.807, 2.05) is 0 Å². The SMILES string of the molecule is CC(C)(C)N1CCN(S(=O)(=O)C2CC2)CC1. The molecule has 0 aromatic heterocycles. The van der Waals surface area contributed by atoms with E-state index in [1.54, 1.807) is 4.31 Å². The summed E-state index contributed by atoms with van der Waals surface area (Å²) in [5.74, 6) is 0. The molecular formula is C11H22N2O2S. The van der Waals surface area contributed by atoms with Crippen molar-refractivity contribution in [2.24, 2.45) is 0 Å². The van der Waals surface area contributed by atoms with Crippen LogP contribution in [0.25, 0.3) is 0 Å². The Hall–Kier alpha value is -0.130. The van der Waals surface area contributed by atoms with E-state index in [1.165, 1.54) is 0 Å². The second-order valence-electron chi connectivity index (χ2n) is 5.80. The van der Waals surface area contributed by atoms with Crippen molar-refractivity contribution in [2.75, 3.05) is 26.2 Å². The average molecular weight is 246 g/mol. The fraction of sp³-hybridized carbons (Fsp3) is 1.00. The van der Waals surface area contributed by atoms with Crippen LogP contribution in [0.2, 0.25) is 0 Å². The van der Waals surface area contributed by atoms with Gasteiger partial charge in [0.05, 0.1) is 5.25 Å². The molecule has 0 bridgehead atoms. The Bertz CT molecular complexity index is 347. The fourth-order valence-electron chi connectivity index (χ4n) is 2.19. The summed E-state index contributed by atoms with van der Waals surface area (Å²) in [6, 6.07) is 0. The molecule has 16 heavy (non-hydrogen) atoms. The molecule has 0 aromatic rings. The monoisotopic (exact) mass is 246 g/mol. The predicted molar refractivity (Wildman–Crippen MR) is 64.8 cm³/mol. The van der Waals surface area contributed by atoms with E-state index in [0.29, 0.717) is 13.1 Å². The highest BCUT2D eigenvalue weighted by molar-refractivity contribution is 7.90. The lowest BCUT2D eigenvalue weighted by molar-refractivity contribution is 0.0921. The van der Waals surface area contributed by atoms with Crippen molar-refractivity contribution in [3.05, 3.63) is 0 Å². The van der Waals surface area contributed by atoms with Crippen molar-refractivity contribution in [2.45, 2.75) is 44.4 Å². The molecular weight excluding hydrogens is 224 g/mol. The van der Waals surface area contributed by atoms with E-state index in [0.717, 1.165) is 25.9 Å². The minimum atomic E-state index is -2.95. The zero-order chi connectivity index (χ0) is 12.0. The normalized spacial score (nSPS) is 25.9. The van der Waals surface area contributed by atoms with Gasteiger partial charge in [0, 0.05) is 31.7 Å². The highest BCUT2D eigenvalue weighted by Crippen LogP contribution is 2.31. The zero-order valence-corrected chi connectivity index (χ0v) is 11.3. The molecule has 5 heteroatoms. The molecule has 1 saturated carbocycles. The lowest BCUT2D eigenvalue weighted by Gasteiger charge is -2.41. The molecule has 0 N–H and O–H groups in total. The smallest absolute Gasteiger partial charge is 0.217 e. The van der Waals surface area contributed by atoms with E-state index in [2.05, 4.69) is 25.7 Å². The second-order valence-corrected chi connectivity index (χ2v) is 8.01. The van der Waals surface area contributed by atoms with Crippen LogP contribution in [-0.2, 0) is 10.0 Å². The van der Waals surface area contributed by atoms with Gasteiger partial charge in [-0.2, -0.15) is 4.31 Å². The third-order valence-electron chi connectivity index (χ3n) is 3.49. The summed E-state index contributed by atoms with van der Waals surface area (Å²) in [5, 5.41) is -0.0614. The van der Waals surface area contributed by atoms with Crippen LogP contribution in [-0.4, -0.2) is 54.6 Å². The molecule has 0 atom stereocenters. The summed E-state index contributed by atoms with van der Waals surface area (Å²) < 4.78 is 25.7. The molecule has 2 rings (SSSR count). The molecule has 1 aliphatic carbocycles. The lowest BCUT2D eigenvalue weighted by Crippen LogP contribution is -2.55. The first-order valence-electron chi connectivity index (χ1n) is 6.06. The lowest BCUT2D eigenvalue weighted by atomic mass is 10.1. The van der Waals surface area contributed by atoms with Crippen LogP contribution in [0.4, 0.5) is 0 Å². The Balaban J connectivity index is 1.95. The van der Waals surface area contributed by atoms with E-state index in [-0.39, 0.29) is 10.8 Å². The second kappa shape index (κ2) is 3.96. The highest BCUT2D eigenvalue weighted by atomic mass is 32.2. The molecule has 94 valence electrons. The molecule has 0 spiro atoms. The van der Waals surface area contributed by atoms with E-state index >= 15 is 0 Å². The minimum absolute atomic E-state index is 0.0614. The third-order valence-corrected chi connectivity index (χ3v) is 5.89. The average Bonchev–Trinajstić information content (AvgIpc) is 3.00. The van der Waals surface area contributed by atoms with Crippen molar-refractivity contribution in [3.8, 4) is 0 Å². The maximum absolute atomic E-state index is 12.0. The van der Waals surface area contributed by atoms with Crippen LogP contribution in [0, 0.1) is 0 Å². The number of nitrogens with zero attached hydrogens (tertiary/aromatic N) is 2. The number of sulfonamides is 1. The largest absolute Gasteiger partial charge is 0.296 e. The topological polar surface area (TPSA) is 40.6 Å². The first-order chi connectivity index (χ1) is 7.32. The Morgan fingerprint density at radius 3 is 1.88 bits per heavy atom. The van der Waals surface area contributed by atoms with Crippen molar-refractivity contribution in [1.29, 1.82) is 0 Å². The number of hydrogen-bond donors (Lipinski definition) is 0. The summed E-state index contributed by atoms with van der Waals surface area (Å²) in [6.45, 7) is 9.57. The summed E-state index contributed by atoms with van der Waals surface area (Å²) in [6.07, 6.45) is 1.73. The van der Waals surface area contributed by atoms with Gasteiger partial charge in [0.25, 0.3) is 0 Å². The van der Waals surface area contributed by atoms with Gasteiger partial charge in [0.1, 0.15) is 0 Å². The maximum atomic E-state index is 12.0. The van der Waals surface area contributed by atoms with Crippen molar-refractivity contribution < 1.29 is 8.42 Å². The van der Waals surface area contributed by atoms with Crippen molar-refractivity contribution >= 4 is 10.0 Å². The molecule has 2 aliphatic rings. The molecule has 1 saturated heterocycles. The van der Waals surface area contributed by atoms with Crippen LogP contribution in [0.1, 0.15) is 33.6 Å². The molecule has 2 fully saturated rings. The fourth-order valence-corrected chi connectivity index (χ4v) is 4.02. The number of hydrogen-bond acceptors (Lipinski definition) is 3. The number of piperazine rings is 1. The van der Waals surface area contributed by atoms with Crippen molar-refractivity contribution in [1.82, 2.24) is 9.21 Å². The molecule has 4 nitrogen and oxygen atoms in total. The minimum Gasteiger partial charge on any atom is -0.296 e. The van der Waals surface area contributed by atoms with Gasteiger partial charge in [-0.1, -0.05) is 0 Å². The van der Waals surface area contributed by atoms with Crippen LogP contribution >= 0.6 is 0 Å². The van der Waals surface area contributed by atoms with E-state index in [4.69, 9.17) is 0 Å². The Morgan fingerprint density at radius 1 is 1.00 bits per heavy atom. The first kappa shape index (κ1) is 12.3. The standard InChI is InChI=1S/C11H22N2O2S/c1-11(2,3)12-6-8-13(9-7-12)16(14,15)10-4-5-10/h10H,4-9H2,1-3H3. The van der Waals surface area contributed by atoms with Gasteiger partial charge in [0.15, 0.2) is 0 Å². The van der Waals surface area contributed by atoms with Gasteiger partial charge in [-0.3, -0.25) is 4.90 Å². The number of rotatable bonds is 2. The third kappa shape index (κ3) is 2.41. The highest BCUT2D eigenvalue weighted by Gasteiger charge is 2.41. The first-order valence-corrected chi connectivity index (χ1v) is 7.56. The van der Waals surface area contributed by atoms with Crippen LogP contribution < -0.4 is 0 Å². The molecule has 1 heterocycles. The van der Waals surface area contributed by atoms with Gasteiger partial charge < -0.3 is 0 Å².